The smallest absolute Gasteiger partial charge is 0.278 e. The van der Waals surface area contributed by atoms with Gasteiger partial charge in [-0.3, -0.25) is 4.79 Å². The molecule has 3 rings (SSSR count). The molecule has 1 aliphatic rings. The van der Waals surface area contributed by atoms with Gasteiger partial charge in [0.25, 0.3) is 5.91 Å². The maximum absolute atomic E-state index is 12.4. The van der Waals surface area contributed by atoms with E-state index in [0.717, 1.165) is 24.8 Å². The SMILES string of the molecule is CCc1ccc(O)c(NC(=O)c2ncoc2[C@@H]2CCCO2)c1. The minimum Gasteiger partial charge on any atom is -0.506 e. The van der Waals surface area contributed by atoms with E-state index in [-0.39, 0.29) is 17.5 Å². The first-order chi connectivity index (χ1) is 10.7. The maximum atomic E-state index is 12.4. The van der Waals surface area contributed by atoms with Crippen molar-refractivity contribution in [3.63, 3.8) is 0 Å². The second kappa shape index (κ2) is 6.19. The van der Waals surface area contributed by atoms with Crippen LogP contribution in [-0.4, -0.2) is 22.6 Å². The summed E-state index contributed by atoms with van der Waals surface area (Å²) in [6, 6.07) is 5.14. The number of rotatable bonds is 4. The predicted molar refractivity (Wildman–Crippen MR) is 79.9 cm³/mol. The normalized spacial score (nSPS) is 17.6. The molecule has 2 aromatic rings. The Labute approximate surface area is 128 Å². The van der Waals surface area contributed by atoms with Crippen LogP contribution in [0.4, 0.5) is 5.69 Å². The highest BCUT2D eigenvalue weighted by atomic mass is 16.5. The van der Waals surface area contributed by atoms with Gasteiger partial charge in [0.2, 0.25) is 0 Å². The fraction of sp³-hybridized carbons (Fsp3) is 0.375. The first-order valence-electron chi connectivity index (χ1n) is 7.37. The number of nitrogens with zero attached hydrogens (tertiary/aromatic N) is 1. The number of anilines is 1. The number of aryl methyl sites for hydroxylation is 1. The molecule has 116 valence electrons. The third kappa shape index (κ3) is 2.82. The maximum Gasteiger partial charge on any atom is 0.278 e. The zero-order chi connectivity index (χ0) is 15.5. The van der Waals surface area contributed by atoms with Crippen molar-refractivity contribution in [2.45, 2.75) is 32.3 Å². The average molecular weight is 302 g/mol. The van der Waals surface area contributed by atoms with Gasteiger partial charge in [0.1, 0.15) is 11.9 Å². The molecule has 6 heteroatoms. The van der Waals surface area contributed by atoms with Gasteiger partial charge in [-0.05, 0) is 37.0 Å². The second-order valence-electron chi connectivity index (χ2n) is 5.23. The van der Waals surface area contributed by atoms with Gasteiger partial charge in [-0.2, -0.15) is 0 Å². The Morgan fingerprint density at radius 2 is 2.36 bits per heavy atom. The summed E-state index contributed by atoms with van der Waals surface area (Å²) in [4.78, 5) is 16.4. The van der Waals surface area contributed by atoms with Gasteiger partial charge >= 0.3 is 0 Å². The number of phenols is 1. The predicted octanol–water partition coefficient (Wildman–Crippen LogP) is 3.05. The van der Waals surface area contributed by atoms with Crippen molar-refractivity contribution in [2.24, 2.45) is 0 Å². The molecule has 1 atom stereocenters. The van der Waals surface area contributed by atoms with Gasteiger partial charge in [0.05, 0.1) is 5.69 Å². The van der Waals surface area contributed by atoms with Crippen molar-refractivity contribution in [3.8, 4) is 5.75 Å². The molecule has 6 nitrogen and oxygen atoms in total. The Kier molecular flexibility index (Phi) is 4.11. The molecular formula is C16H18N2O4. The zero-order valence-electron chi connectivity index (χ0n) is 12.3. The lowest BCUT2D eigenvalue weighted by atomic mass is 10.1. The fourth-order valence-corrected chi connectivity index (χ4v) is 2.52. The first kappa shape index (κ1) is 14.6. The molecule has 0 spiro atoms. The van der Waals surface area contributed by atoms with E-state index in [1.54, 1.807) is 12.1 Å². The number of carbonyl (C=O) groups is 1. The van der Waals surface area contributed by atoms with Gasteiger partial charge in [-0.15, -0.1) is 0 Å². The van der Waals surface area contributed by atoms with Crippen molar-refractivity contribution < 1.29 is 19.1 Å². The molecule has 1 saturated heterocycles. The van der Waals surface area contributed by atoms with E-state index >= 15 is 0 Å². The lowest BCUT2D eigenvalue weighted by Gasteiger charge is -2.10. The van der Waals surface area contributed by atoms with E-state index in [1.165, 1.54) is 6.39 Å². The van der Waals surface area contributed by atoms with Crippen LogP contribution in [0.15, 0.2) is 29.0 Å². The molecule has 0 saturated carbocycles. The summed E-state index contributed by atoms with van der Waals surface area (Å²) in [7, 11) is 0. The Morgan fingerprint density at radius 1 is 1.50 bits per heavy atom. The number of aromatic hydroxyl groups is 1. The van der Waals surface area contributed by atoms with E-state index in [4.69, 9.17) is 9.15 Å². The number of hydrogen-bond donors (Lipinski definition) is 2. The molecule has 1 fully saturated rings. The van der Waals surface area contributed by atoms with Gasteiger partial charge < -0.3 is 19.6 Å². The Morgan fingerprint density at radius 3 is 3.09 bits per heavy atom. The molecule has 2 N–H and O–H groups in total. The molecular weight excluding hydrogens is 284 g/mol. The fourth-order valence-electron chi connectivity index (χ4n) is 2.52. The number of ether oxygens (including phenoxy) is 1. The standard InChI is InChI=1S/C16H18N2O4/c1-2-10-5-6-12(19)11(8-10)18-16(20)14-15(22-9-17-14)13-4-3-7-21-13/h5-6,8-9,13,19H,2-4,7H2,1H3,(H,18,20)/t13-/m0/s1. The minimum absolute atomic E-state index is 0.0210. The molecule has 1 amide bonds. The van der Waals surface area contributed by atoms with E-state index in [9.17, 15) is 9.90 Å². The highest BCUT2D eigenvalue weighted by Gasteiger charge is 2.28. The van der Waals surface area contributed by atoms with Crippen molar-refractivity contribution in [1.82, 2.24) is 4.98 Å². The lowest BCUT2D eigenvalue weighted by Crippen LogP contribution is -2.15. The van der Waals surface area contributed by atoms with Crippen LogP contribution in [0.1, 0.15) is 47.7 Å². The summed E-state index contributed by atoms with van der Waals surface area (Å²) in [6.07, 6.45) is 3.58. The van der Waals surface area contributed by atoms with E-state index in [0.29, 0.717) is 18.1 Å². The summed E-state index contributed by atoms with van der Waals surface area (Å²) in [6.45, 7) is 2.66. The number of phenolic OH excluding ortho intramolecular Hbond substituents is 1. The van der Waals surface area contributed by atoms with Crippen molar-refractivity contribution in [1.29, 1.82) is 0 Å². The number of carbonyl (C=O) groups excluding carboxylic acids is 1. The van der Waals surface area contributed by atoms with Crippen LogP contribution in [0.25, 0.3) is 0 Å². The highest BCUT2D eigenvalue weighted by molar-refractivity contribution is 6.04. The van der Waals surface area contributed by atoms with Crippen molar-refractivity contribution in [3.05, 3.63) is 41.6 Å². The van der Waals surface area contributed by atoms with Crippen LogP contribution >= 0.6 is 0 Å². The van der Waals surface area contributed by atoms with Crippen LogP contribution in [0.3, 0.4) is 0 Å². The quantitative estimate of drug-likeness (QED) is 0.848. The minimum atomic E-state index is -0.414. The highest BCUT2D eigenvalue weighted by Crippen LogP contribution is 2.31. The van der Waals surface area contributed by atoms with Gasteiger partial charge in [0.15, 0.2) is 17.8 Å². The van der Waals surface area contributed by atoms with Crippen molar-refractivity contribution >= 4 is 11.6 Å². The lowest BCUT2D eigenvalue weighted by molar-refractivity contribution is 0.0889. The largest absolute Gasteiger partial charge is 0.506 e. The first-order valence-corrected chi connectivity index (χ1v) is 7.37. The molecule has 2 heterocycles. The topological polar surface area (TPSA) is 84.6 Å². The molecule has 1 aliphatic heterocycles. The molecule has 1 aromatic carbocycles. The Balaban J connectivity index is 1.82. The average Bonchev–Trinajstić information content (AvgIpc) is 3.19. The van der Waals surface area contributed by atoms with Gasteiger partial charge in [-0.25, -0.2) is 4.98 Å². The van der Waals surface area contributed by atoms with Crippen LogP contribution in [-0.2, 0) is 11.2 Å². The third-order valence-corrected chi connectivity index (χ3v) is 3.75. The van der Waals surface area contributed by atoms with E-state index in [1.807, 2.05) is 13.0 Å². The molecule has 0 unspecified atom stereocenters. The van der Waals surface area contributed by atoms with Gasteiger partial charge in [-0.1, -0.05) is 13.0 Å². The Bertz CT molecular complexity index is 675. The summed E-state index contributed by atoms with van der Waals surface area (Å²) in [5.74, 6) is 0.0525. The summed E-state index contributed by atoms with van der Waals surface area (Å²) < 4.78 is 10.9. The van der Waals surface area contributed by atoms with Crippen molar-refractivity contribution in [2.75, 3.05) is 11.9 Å². The number of oxazole rings is 1. The number of benzene rings is 1. The van der Waals surface area contributed by atoms with Crippen LogP contribution in [0.5, 0.6) is 5.75 Å². The molecule has 22 heavy (non-hydrogen) atoms. The number of aromatic nitrogens is 1. The number of amides is 1. The van der Waals surface area contributed by atoms with Crippen LogP contribution in [0, 0.1) is 0 Å². The van der Waals surface area contributed by atoms with Crippen LogP contribution in [0.2, 0.25) is 0 Å². The zero-order valence-corrected chi connectivity index (χ0v) is 12.3. The second-order valence-corrected chi connectivity index (χ2v) is 5.23. The molecule has 0 radical (unpaired) electrons. The third-order valence-electron chi connectivity index (χ3n) is 3.75. The monoisotopic (exact) mass is 302 g/mol. The Hall–Kier alpha value is -2.34. The number of nitrogens with one attached hydrogen (secondary N) is 1. The van der Waals surface area contributed by atoms with E-state index < -0.39 is 5.91 Å². The molecule has 1 aromatic heterocycles. The summed E-state index contributed by atoms with van der Waals surface area (Å²) in [5.41, 5.74) is 1.59. The van der Waals surface area contributed by atoms with E-state index in [2.05, 4.69) is 10.3 Å². The number of hydrogen-bond acceptors (Lipinski definition) is 5. The molecule has 0 aliphatic carbocycles. The van der Waals surface area contributed by atoms with Gasteiger partial charge in [0, 0.05) is 6.61 Å². The summed E-state index contributed by atoms with van der Waals surface area (Å²) in [5, 5.41) is 12.6. The van der Waals surface area contributed by atoms with Crippen LogP contribution < -0.4 is 5.32 Å². The summed E-state index contributed by atoms with van der Waals surface area (Å²) >= 11 is 0. The molecule has 0 bridgehead atoms.